The molecule has 0 saturated carbocycles. The number of methoxy groups -OCH3 is 1. The number of nitrogens with zero attached hydrogens (tertiary/aromatic N) is 1. The number of rotatable bonds is 8. The molecule has 0 unspecified atom stereocenters. The van der Waals surface area contributed by atoms with Crippen LogP contribution in [0, 0.1) is 0 Å². The van der Waals surface area contributed by atoms with E-state index in [2.05, 4.69) is 20.3 Å². The van der Waals surface area contributed by atoms with Crippen LogP contribution >= 0.6 is 0 Å². The Labute approximate surface area is 188 Å². The van der Waals surface area contributed by atoms with Crippen LogP contribution in [0.2, 0.25) is 0 Å². The minimum absolute atomic E-state index is 0.301. The van der Waals surface area contributed by atoms with E-state index in [9.17, 15) is 18.0 Å². The maximum absolute atomic E-state index is 12.4. The first-order valence-electron chi connectivity index (χ1n) is 10.4. The molecule has 1 aliphatic heterocycles. The van der Waals surface area contributed by atoms with Crippen molar-refractivity contribution in [3.05, 3.63) is 42.5 Å². The summed E-state index contributed by atoms with van der Waals surface area (Å²) in [5.41, 5.74) is 2.16. The number of benzene rings is 2. The third kappa shape index (κ3) is 6.61. The molecule has 9 nitrogen and oxygen atoms in total. The molecular weight excluding hydrogens is 432 g/mol. The van der Waals surface area contributed by atoms with Crippen molar-refractivity contribution >= 4 is 44.6 Å². The average Bonchev–Trinajstić information content (AvgIpc) is 2.74. The molecule has 1 aliphatic rings. The molecule has 0 radical (unpaired) electrons. The van der Waals surface area contributed by atoms with Gasteiger partial charge in [0.1, 0.15) is 11.5 Å². The minimum atomic E-state index is -3.90. The van der Waals surface area contributed by atoms with Crippen LogP contribution in [0.5, 0.6) is 5.75 Å². The van der Waals surface area contributed by atoms with E-state index < -0.39 is 21.7 Å². The van der Waals surface area contributed by atoms with E-state index in [-0.39, 0.29) is 5.91 Å². The molecule has 3 rings (SSSR count). The number of hydrogen-bond donors (Lipinski definition) is 3. The molecule has 1 fully saturated rings. The largest absolute Gasteiger partial charge is 0.495 e. The van der Waals surface area contributed by atoms with Crippen molar-refractivity contribution in [2.45, 2.75) is 26.2 Å². The number of sulfonamides is 1. The van der Waals surface area contributed by atoms with E-state index >= 15 is 0 Å². The third-order valence-corrected chi connectivity index (χ3v) is 6.17. The maximum Gasteiger partial charge on any atom is 0.241 e. The van der Waals surface area contributed by atoms with E-state index in [1.54, 1.807) is 24.3 Å². The van der Waals surface area contributed by atoms with Gasteiger partial charge >= 0.3 is 0 Å². The number of carbonyl (C=O) groups excluding carboxylic acids is 2. The van der Waals surface area contributed by atoms with Crippen LogP contribution in [-0.4, -0.2) is 46.2 Å². The summed E-state index contributed by atoms with van der Waals surface area (Å²) in [5.74, 6) is -1.34. The van der Waals surface area contributed by atoms with Gasteiger partial charge in [0.25, 0.3) is 0 Å². The summed E-state index contributed by atoms with van der Waals surface area (Å²) in [6, 6.07) is 11.8. The predicted octanol–water partition coefficient (Wildman–Crippen LogP) is 3.02. The number of ether oxygens (including phenoxy) is 1. The fourth-order valence-corrected chi connectivity index (χ4v) is 4.54. The first-order valence-corrected chi connectivity index (χ1v) is 12.0. The third-order valence-electron chi connectivity index (χ3n) is 4.98. The number of nitrogens with one attached hydrogen (secondary N) is 3. The van der Waals surface area contributed by atoms with Gasteiger partial charge in [0.15, 0.2) is 0 Å². The maximum atomic E-state index is 12.4. The van der Waals surface area contributed by atoms with Crippen molar-refractivity contribution in [1.29, 1.82) is 0 Å². The van der Waals surface area contributed by atoms with Gasteiger partial charge in [-0.2, -0.15) is 0 Å². The van der Waals surface area contributed by atoms with Crippen LogP contribution < -0.4 is 25.0 Å². The summed E-state index contributed by atoms with van der Waals surface area (Å²) in [4.78, 5) is 25.9. The lowest BCUT2D eigenvalue weighted by Crippen LogP contribution is -2.29. The van der Waals surface area contributed by atoms with Gasteiger partial charge < -0.3 is 20.3 Å². The van der Waals surface area contributed by atoms with Gasteiger partial charge in [-0.15, -0.1) is 0 Å². The fraction of sp³-hybridized carbons (Fsp3) is 0.364. The van der Waals surface area contributed by atoms with Crippen molar-refractivity contribution in [3.8, 4) is 5.75 Å². The van der Waals surface area contributed by atoms with Crippen molar-refractivity contribution in [2.24, 2.45) is 0 Å². The van der Waals surface area contributed by atoms with Crippen LogP contribution in [0.1, 0.15) is 26.2 Å². The molecule has 32 heavy (non-hydrogen) atoms. The molecule has 3 N–H and O–H groups in total. The van der Waals surface area contributed by atoms with E-state index in [1.165, 1.54) is 26.5 Å². The van der Waals surface area contributed by atoms with E-state index in [0.29, 0.717) is 22.8 Å². The Morgan fingerprint density at radius 2 is 1.62 bits per heavy atom. The normalized spacial score (nSPS) is 13.9. The Bertz CT molecular complexity index is 1060. The average molecular weight is 461 g/mol. The molecule has 0 aromatic heterocycles. The Balaban J connectivity index is 1.60. The first-order chi connectivity index (χ1) is 15.3. The monoisotopic (exact) mass is 460 g/mol. The lowest BCUT2D eigenvalue weighted by Gasteiger charge is -2.28. The molecular formula is C22H28N4O5S. The number of anilines is 4. The molecule has 0 bridgehead atoms. The zero-order valence-corrected chi connectivity index (χ0v) is 19.0. The summed E-state index contributed by atoms with van der Waals surface area (Å²) in [6.07, 6.45) is 3.55. The summed E-state index contributed by atoms with van der Waals surface area (Å²) >= 11 is 0. The molecule has 0 spiro atoms. The van der Waals surface area contributed by atoms with Gasteiger partial charge in [0.2, 0.25) is 21.8 Å². The Hall–Kier alpha value is -3.27. The number of amides is 2. The second-order valence-corrected chi connectivity index (χ2v) is 9.32. The summed E-state index contributed by atoms with van der Waals surface area (Å²) in [6.45, 7) is 3.35. The van der Waals surface area contributed by atoms with Crippen LogP contribution in [-0.2, 0) is 19.6 Å². The van der Waals surface area contributed by atoms with Crippen LogP contribution in [0.3, 0.4) is 0 Å². The Morgan fingerprint density at radius 1 is 0.969 bits per heavy atom. The SMILES string of the molecule is COc1ccc(NC(=O)CS(=O)(=O)Nc2ccc(N3CCCCC3)cc2)cc1NC(C)=O. The first kappa shape index (κ1) is 23.4. The van der Waals surface area contributed by atoms with Gasteiger partial charge in [-0.3, -0.25) is 14.3 Å². The van der Waals surface area contributed by atoms with Crippen LogP contribution in [0.25, 0.3) is 0 Å². The molecule has 10 heteroatoms. The molecule has 1 saturated heterocycles. The van der Waals surface area contributed by atoms with Gasteiger partial charge in [-0.05, 0) is 61.7 Å². The summed E-state index contributed by atoms with van der Waals surface area (Å²) in [7, 11) is -2.45. The minimum Gasteiger partial charge on any atom is -0.495 e. The second-order valence-electron chi connectivity index (χ2n) is 7.60. The lowest BCUT2D eigenvalue weighted by atomic mass is 10.1. The highest BCUT2D eigenvalue weighted by atomic mass is 32.2. The molecule has 2 aromatic rings. The highest BCUT2D eigenvalue weighted by molar-refractivity contribution is 7.93. The topological polar surface area (TPSA) is 117 Å². The van der Waals surface area contributed by atoms with Crippen molar-refractivity contribution in [1.82, 2.24) is 0 Å². The highest BCUT2D eigenvalue weighted by Gasteiger charge is 2.18. The predicted molar refractivity (Wildman–Crippen MR) is 126 cm³/mol. The zero-order valence-electron chi connectivity index (χ0n) is 18.2. The Kier molecular flexibility index (Phi) is 7.57. The molecule has 0 atom stereocenters. The Morgan fingerprint density at radius 3 is 2.25 bits per heavy atom. The van der Waals surface area contributed by atoms with Crippen molar-refractivity contribution in [3.63, 3.8) is 0 Å². The number of piperidine rings is 1. The van der Waals surface area contributed by atoms with Crippen LogP contribution in [0.4, 0.5) is 22.7 Å². The lowest BCUT2D eigenvalue weighted by molar-refractivity contribution is -0.114. The smallest absolute Gasteiger partial charge is 0.241 e. The van der Waals surface area contributed by atoms with Crippen LogP contribution in [0.15, 0.2) is 42.5 Å². The molecule has 2 aromatic carbocycles. The number of hydrogen-bond acceptors (Lipinski definition) is 6. The molecule has 1 heterocycles. The standard InChI is InChI=1S/C22H28N4O5S/c1-16(27)23-20-14-18(8-11-21(20)31-2)24-22(28)15-32(29,30)25-17-6-9-19(10-7-17)26-12-4-3-5-13-26/h6-11,14,25H,3-5,12-13,15H2,1-2H3,(H,23,27)(H,24,28). The van der Waals surface area contributed by atoms with Gasteiger partial charge in [0, 0.05) is 37.1 Å². The summed E-state index contributed by atoms with van der Waals surface area (Å²) < 4.78 is 32.5. The quantitative estimate of drug-likeness (QED) is 0.558. The number of carbonyl (C=O) groups is 2. The molecule has 0 aliphatic carbocycles. The van der Waals surface area contributed by atoms with Crippen molar-refractivity contribution < 1.29 is 22.7 Å². The van der Waals surface area contributed by atoms with Gasteiger partial charge in [-0.1, -0.05) is 0 Å². The van der Waals surface area contributed by atoms with Gasteiger partial charge in [0.05, 0.1) is 12.8 Å². The van der Waals surface area contributed by atoms with E-state index in [0.717, 1.165) is 31.6 Å². The summed E-state index contributed by atoms with van der Waals surface area (Å²) in [5, 5.41) is 5.13. The highest BCUT2D eigenvalue weighted by Crippen LogP contribution is 2.28. The van der Waals surface area contributed by atoms with Gasteiger partial charge in [-0.25, -0.2) is 8.42 Å². The second kappa shape index (κ2) is 10.4. The molecule has 2 amide bonds. The van der Waals surface area contributed by atoms with Crippen molar-refractivity contribution in [2.75, 3.05) is 46.2 Å². The fourth-order valence-electron chi connectivity index (χ4n) is 3.55. The van der Waals surface area contributed by atoms with E-state index in [4.69, 9.17) is 4.74 Å². The zero-order chi connectivity index (χ0) is 23.1. The molecule has 172 valence electrons. The van der Waals surface area contributed by atoms with E-state index in [1.807, 2.05) is 12.1 Å².